The van der Waals surface area contributed by atoms with E-state index < -0.39 is 38.3 Å². The van der Waals surface area contributed by atoms with Crippen LogP contribution in [0.15, 0.2) is 36.5 Å². The molecule has 0 saturated carbocycles. The Hall–Kier alpha value is -3.27. The molecular weight excluding hydrogens is 604 g/mol. The first-order valence-corrected chi connectivity index (χ1v) is 13.8. The topological polar surface area (TPSA) is 149 Å². The molecule has 2 heterocycles. The lowest BCUT2D eigenvalue weighted by Gasteiger charge is -2.25. The third-order valence-electron chi connectivity index (χ3n) is 5.57. The van der Waals surface area contributed by atoms with Gasteiger partial charge < -0.3 is 19.4 Å². The number of rotatable bonds is 6. The molecule has 2 N–H and O–H groups in total. The van der Waals surface area contributed by atoms with Gasteiger partial charge >= 0.3 is 22.0 Å². The zero-order chi connectivity index (χ0) is 30.2. The van der Waals surface area contributed by atoms with Crippen LogP contribution in [0.2, 0.25) is 10.0 Å². The van der Waals surface area contributed by atoms with E-state index in [9.17, 15) is 31.7 Å². The number of aromatic nitrogens is 2. The number of anilines is 1. The zero-order valence-corrected chi connectivity index (χ0v) is 23.7. The second-order valence-electron chi connectivity index (χ2n) is 8.94. The van der Waals surface area contributed by atoms with Crippen molar-refractivity contribution in [3.63, 3.8) is 0 Å². The number of ether oxygens (including phenoxy) is 2. The van der Waals surface area contributed by atoms with Crippen molar-refractivity contribution in [3.05, 3.63) is 67.8 Å². The van der Waals surface area contributed by atoms with E-state index in [1.165, 1.54) is 0 Å². The van der Waals surface area contributed by atoms with E-state index in [4.69, 9.17) is 42.6 Å². The van der Waals surface area contributed by atoms with Gasteiger partial charge in [-0.25, -0.2) is 4.68 Å². The van der Waals surface area contributed by atoms with Crippen molar-refractivity contribution < 1.29 is 40.2 Å². The van der Waals surface area contributed by atoms with Crippen LogP contribution in [-0.4, -0.2) is 42.3 Å². The predicted octanol–water partition coefficient (Wildman–Crippen LogP) is 5.75. The fourth-order valence-corrected chi connectivity index (χ4v) is 4.83. The second kappa shape index (κ2) is 11.3. The average molecular weight is 627 g/mol. The summed E-state index contributed by atoms with van der Waals surface area (Å²) in [4.78, 5) is 9.89. The maximum Gasteiger partial charge on any atom is 0.416 e. The summed E-state index contributed by atoms with van der Waals surface area (Å²) in [6, 6.07) is 6.24. The van der Waals surface area contributed by atoms with Crippen LogP contribution in [0.1, 0.15) is 31.9 Å². The summed E-state index contributed by atoms with van der Waals surface area (Å²) in [7, 11) is -3.53. The van der Waals surface area contributed by atoms with Crippen LogP contribution in [0.25, 0.3) is 5.69 Å². The largest absolute Gasteiger partial charge is 0.464 e. The fraction of sp³-hybridized carbons (Fsp3) is 0.348. The first-order valence-electron chi connectivity index (χ1n) is 11.2. The molecule has 1 aliphatic rings. The number of fused-ring (bicyclic) bond motifs is 1. The first kappa shape index (κ1) is 31.3. The van der Waals surface area contributed by atoms with Crippen molar-refractivity contribution in [2.24, 2.45) is 0 Å². The van der Waals surface area contributed by atoms with Crippen molar-refractivity contribution in [2.45, 2.75) is 38.7 Å². The summed E-state index contributed by atoms with van der Waals surface area (Å²) >= 11 is 11.5. The van der Waals surface area contributed by atoms with E-state index in [1.54, 1.807) is 18.2 Å². The van der Waals surface area contributed by atoms with Crippen molar-refractivity contribution in [2.75, 3.05) is 18.6 Å². The second-order valence-corrected chi connectivity index (χ2v) is 11.3. The van der Waals surface area contributed by atoms with Gasteiger partial charge in [0.1, 0.15) is 23.4 Å². The highest BCUT2D eigenvalue weighted by atomic mass is 35.5. The smallest absolute Gasteiger partial charge is 0.416 e. The molecule has 2 aromatic carbocycles. The number of nitrogen functional groups attached to an aromatic ring is 1. The number of halogens is 5. The van der Waals surface area contributed by atoms with Crippen molar-refractivity contribution in [1.82, 2.24) is 9.78 Å². The van der Waals surface area contributed by atoms with Gasteiger partial charge in [0.05, 0.1) is 32.2 Å². The number of benzene rings is 2. The fourth-order valence-electron chi connectivity index (χ4n) is 3.72. The highest BCUT2D eigenvalue weighted by Gasteiger charge is 2.42. The lowest BCUT2D eigenvalue weighted by molar-refractivity contribution is -0.383. The highest BCUT2D eigenvalue weighted by molar-refractivity contribution is 7.86. The molecular formula is C23H23Cl2F3N4O7S. The lowest BCUT2D eigenvalue weighted by atomic mass is 9.85. The maximum atomic E-state index is 12.6. The Kier molecular flexibility index (Phi) is 8.84. The molecule has 0 amide bonds. The summed E-state index contributed by atoms with van der Waals surface area (Å²) in [6.45, 7) is 6.43. The Morgan fingerprint density at radius 2 is 1.82 bits per heavy atom. The molecule has 1 unspecified atom stereocenters. The summed E-state index contributed by atoms with van der Waals surface area (Å²) in [6.07, 6.45) is -3.14. The molecule has 1 aromatic heterocycles. The molecule has 3 aromatic rings. The van der Waals surface area contributed by atoms with E-state index in [2.05, 4.69) is 5.10 Å². The van der Waals surface area contributed by atoms with E-state index in [-0.39, 0.29) is 33.2 Å². The van der Waals surface area contributed by atoms with Crippen molar-refractivity contribution >= 4 is 44.8 Å². The van der Waals surface area contributed by atoms with E-state index >= 15 is 0 Å². The Morgan fingerprint density at radius 1 is 1.23 bits per heavy atom. The van der Waals surface area contributed by atoms with Gasteiger partial charge in [0.2, 0.25) is 12.1 Å². The molecule has 1 atom stereocenters. The summed E-state index contributed by atoms with van der Waals surface area (Å²) in [5, 5.41) is 13.5. The summed E-state index contributed by atoms with van der Waals surface area (Å²) in [5.74, 6) is 0.586. The Bertz CT molecular complexity index is 1520. The average Bonchev–Trinajstić information content (AvgIpc) is 3.30. The Labute approximate surface area is 236 Å². The van der Waals surface area contributed by atoms with Crippen LogP contribution in [0.3, 0.4) is 0 Å². The minimum absolute atomic E-state index is 0.170. The predicted molar refractivity (Wildman–Crippen MR) is 141 cm³/mol. The molecule has 0 fully saturated rings. The zero-order valence-electron chi connectivity index (χ0n) is 21.3. The van der Waals surface area contributed by atoms with Gasteiger partial charge in [0.25, 0.3) is 0 Å². The van der Waals surface area contributed by atoms with Gasteiger partial charge in [-0.05, 0) is 51.1 Å². The normalized spacial score (nSPS) is 16.0. The Morgan fingerprint density at radius 3 is 2.30 bits per heavy atom. The third-order valence-corrected chi connectivity index (χ3v) is 6.64. The minimum atomic E-state index is -4.63. The van der Waals surface area contributed by atoms with Crippen LogP contribution < -0.4 is 14.7 Å². The number of nitro groups is 1. The van der Waals surface area contributed by atoms with Gasteiger partial charge in [0.15, 0.2) is 0 Å². The number of hydrogen-bond donors (Lipinski definition) is 1. The molecule has 218 valence electrons. The van der Waals surface area contributed by atoms with Crippen molar-refractivity contribution in [1.29, 1.82) is 0 Å². The first-order chi connectivity index (χ1) is 18.4. The molecule has 1 aliphatic heterocycles. The van der Waals surface area contributed by atoms with Crippen molar-refractivity contribution in [3.8, 4) is 17.2 Å². The summed E-state index contributed by atoms with van der Waals surface area (Å²) < 4.78 is 77.1. The minimum Gasteiger partial charge on any atom is -0.464 e. The summed E-state index contributed by atoms with van der Waals surface area (Å²) in [5.41, 5.74) is 4.30. The molecule has 4 rings (SSSR count). The van der Waals surface area contributed by atoms with Gasteiger partial charge in [-0.1, -0.05) is 23.2 Å². The molecule has 0 aliphatic carbocycles. The molecule has 40 heavy (non-hydrogen) atoms. The van der Waals surface area contributed by atoms with Crippen LogP contribution in [0, 0.1) is 10.1 Å². The molecule has 0 radical (unpaired) electrons. The quantitative estimate of drug-likeness (QED) is 0.205. The van der Waals surface area contributed by atoms with E-state index in [0.717, 1.165) is 22.7 Å². The third kappa shape index (κ3) is 6.71. The standard InChI is InChI=1S/C13H18O5S.C10H5Cl2F3N4O2/c1-5-16-12-13(2,3)10-8-9(18-19(4,14)15)6-7-11(10)17-12;11-5-1-4(10(13,14)15)2-6(12)8(5)18-9(16)7(3-17-18)19(20)21/h6-8,12H,5H2,1-4H3;1-3H,16H2. The van der Waals surface area contributed by atoms with Crippen LogP contribution in [-0.2, 0) is 26.4 Å². The SMILES string of the molecule is CCOC1Oc2ccc(OS(C)(=O)=O)cc2C1(C)C.Nc1c([N+](=O)[O-])cnn1-c1c(Cl)cc(C(F)(F)F)cc1Cl. The van der Waals surface area contributed by atoms with Crippen LogP contribution in [0.5, 0.6) is 11.5 Å². The van der Waals surface area contributed by atoms with E-state index in [1.807, 2.05) is 20.8 Å². The van der Waals surface area contributed by atoms with Gasteiger partial charge in [0, 0.05) is 12.2 Å². The Balaban J connectivity index is 0.000000222. The van der Waals surface area contributed by atoms with Gasteiger partial charge in [-0.15, -0.1) is 0 Å². The van der Waals surface area contributed by atoms with Crippen LogP contribution in [0.4, 0.5) is 24.7 Å². The maximum absolute atomic E-state index is 12.6. The lowest BCUT2D eigenvalue weighted by Crippen LogP contribution is -2.34. The molecule has 0 saturated heterocycles. The molecule has 17 heteroatoms. The van der Waals surface area contributed by atoms with Gasteiger partial charge in [-0.3, -0.25) is 10.1 Å². The number of nitrogens with zero attached hydrogens (tertiary/aromatic N) is 3. The molecule has 11 nitrogen and oxygen atoms in total. The van der Waals surface area contributed by atoms with Crippen LogP contribution >= 0.6 is 23.2 Å². The number of nitrogens with two attached hydrogens (primary N) is 1. The molecule has 0 spiro atoms. The monoisotopic (exact) mass is 626 g/mol. The number of hydrogen-bond acceptors (Lipinski definition) is 9. The molecule has 0 bridgehead atoms. The number of alkyl halides is 3. The van der Waals surface area contributed by atoms with Gasteiger partial charge in [-0.2, -0.15) is 26.7 Å². The van der Waals surface area contributed by atoms with E-state index in [0.29, 0.717) is 24.5 Å². The highest BCUT2D eigenvalue weighted by Crippen LogP contribution is 2.45.